The number of halogens is 1. The summed E-state index contributed by atoms with van der Waals surface area (Å²) in [5.41, 5.74) is 0.818. The van der Waals surface area contributed by atoms with E-state index in [2.05, 4.69) is 10.2 Å². The molecule has 1 amide bonds. The van der Waals surface area contributed by atoms with Crippen molar-refractivity contribution in [1.82, 2.24) is 19.4 Å². The highest BCUT2D eigenvalue weighted by molar-refractivity contribution is 7.91. The number of piperazine rings is 1. The number of benzene rings is 1. The molecular weight excluding hydrogens is 498 g/mol. The predicted molar refractivity (Wildman–Crippen MR) is 128 cm³/mol. The molecule has 4 aromatic rings. The molecule has 0 unspecified atom stereocenters. The lowest BCUT2D eigenvalue weighted by Crippen LogP contribution is -2.50. The van der Waals surface area contributed by atoms with Gasteiger partial charge in [-0.3, -0.25) is 4.79 Å². The first-order valence-electron chi connectivity index (χ1n) is 10.3. The number of aromatic nitrogens is 3. The number of nitrogens with zero attached hydrogens (tertiary/aromatic N) is 5. The number of amides is 1. The number of hydrogen-bond donors (Lipinski definition) is 0. The monoisotopic (exact) mass is 515 g/mol. The van der Waals surface area contributed by atoms with Gasteiger partial charge < -0.3 is 10.1 Å². The molecule has 4 heterocycles. The topological polar surface area (TPSA) is 110 Å². The average molecular weight is 516 g/mol. The van der Waals surface area contributed by atoms with Crippen LogP contribution in [0.25, 0.3) is 21.5 Å². The first-order chi connectivity index (χ1) is 16.3. The van der Waals surface area contributed by atoms with Crippen molar-refractivity contribution in [3.05, 3.63) is 76.7 Å². The molecular formula is C22H18ClN5O4S2. The minimum absolute atomic E-state index is 0.134. The zero-order valence-electron chi connectivity index (χ0n) is 17.7. The molecule has 12 heteroatoms. The van der Waals surface area contributed by atoms with E-state index in [9.17, 15) is 18.4 Å². The summed E-state index contributed by atoms with van der Waals surface area (Å²) in [7, 11) is -3.68. The summed E-state index contributed by atoms with van der Waals surface area (Å²) in [5, 5.41) is 21.3. The Hall–Kier alpha value is -3.12. The van der Waals surface area contributed by atoms with Gasteiger partial charge in [-0.2, -0.15) is 9.04 Å². The second-order valence-corrected chi connectivity index (χ2v) is 11.3. The molecule has 0 spiro atoms. The van der Waals surface area contributed by atoms with E-state index in [1.807, 2.05) is 0 Å². The standard InChI is InChI=1S/C22H18ClN5O4S2/c23-16-5-4-15-13-21(33-20(15)14-16)34(31,32)27-11-9-26(10-12-27)22(29)18-7-6-17(24-25-18)19-3-1-2-8-28(19)30/h1-8,13-14H,9-12H2. The summed E-state index contributed by atoms with van der Waals surface area (Å²) in [4.78, 5) is 14.4. The molecule has 0 N–H and O–H groups in total. The van der Waals surface area contributed by atoms with Gasteiger partial charge >= 0.3 is 0 Å². The molecule has 0 saturated carbocycles. The Bertz CT molecular complexity index is 1480. The zero-order chi connectivity index (χ0) is 23.9. The highest BCUT2D eigenvalue weighted by Crippen LogP contribution is 2.33. The van der Waals surface area contributed by atoms with Gasteiger partial charge in [0.25, 0.3) is 15.9 Å². The van der Waals surface area contributed by atoms with Crippen molar-refractivity contribution in [2.45, 2.75) is 4.21 Å². The Morgan fingerprint density at radius 3 is 2.53 bits per heavy atom. The molecule has 9 nitrogen and oxygen atoms in total. The van der Waals surface area contributed by atoms with Crippen LogP contribution >= 0.6 is 22.9 Å². The van der Waals surface area contributed by atoms with Crippen LogP contribution in [0.2, 0.25) is 5.02 Å². The maximum atomic E-state index is 13.1. The third-order valence-corrected chi connectivity index (χ3v) is 9.23. The van der Waals surface area contributed by atoms with Crippen molar-refractivity contribution >= 4 is 49.0 Å². The van der Waals surface area contributed by atoms with Crippen molar-refractivity contribution in [1.29, 1.82) is 0 Å². The third kappa shape index (κ3) is 4.23. The van der Waals surface area contributed by atoms with Crippen LogP contribution in [0, 0.1) is 5.21 Å². The van der Waals surface area contributed by atoms with E-state index in [0.29, 0.717) is 21.1 Å². The van der Waals surface area contributed by atoms with Gasteiger partial charge in [-0.25, -0.2) is 8.42 Å². The minimum Gasteiger partial charge on any atom is -0.618 e. The van der Waals surface area contributed by atoms with Gasteiger partial charge in [0.1, 0.15) is 4.21 Å². The Labute approximate surface area is 204 Å². The first kappa shape index (κ1) is 22.7. The van der Waals surface area contributed by atoms with E-state index >= 15 is 0 Å². The van der Waals surface area contributed by atoms with E-state index in [-0.39, 0.29) is 42.0 Å². The molecule has 1 aliphatic heterocycles. The van der Waals surface area contributed by atoms with Gasteiger partial charge in [0.15, 0.2) is 17.6 Å². The van der Waals surface area contributed by atoms with Crippen LogP contribution in [0.5, 0.6) is 0 Å². The number of carbonyl (C=O) groups is 1. The Morgan fingerprint density at radius 2 is 1.82 bits per heavy atom. The largest absolute Gasteiger partial charge is 0.618 e. The summed E-state index contributed by atoms with van der Waals surface area (Å²) in [6.07, 6.45) is 1.36. The second kappa shape index (κ2) is 8.91. The normalized spacial score (nSPS) is 15.0. The molecule has 0 bridgehead atoms. The van der Waals surface area contributed by atoms with Gasteiger partial charge in [0.2, 0.25) is 5.69 Å². The Balaban J connectivity index is 1.27. The maximum absolute atomic E-state index is 13.1. The fourth-order valence-corrected chi connectivity index (χ4v) is 6.99. The molecule has 1 aliphatic rings. The number of fused-ring (bicyclic) bond motifs is 1. The van der Waals surface area contributed by atoms with E-state index in [1.165, 1.54) is 27.9 Å². The number of pyridine rings is 1. The molecule has 1 saturated heterocycles. The molecule has 1 aromatic carbocycles. The van der Waals surface area contributed by atoms with Crippen molar-refractivity contribution in [3.8, 4) is 11.4 Å². The highest BCUT2D eigenvalue weighted by Gasteiger charge is 2.32. The SMILES string of the molecule is O=C(c1ccc(-c2cccc[n+]2[O-])nn1)N1CCN(S(=O)(=O)c2cc3ccc(Cl)cc3s2)CC1. The van der Waals surface area contributed by atoms with Crippen LogP contribution in [0.1, 0.15) is 10.5 Å². The van der Waals surface area contributed by atoms with E-state index in [4.69, 9.17) is 11.6 Å². The molecule has 174 valence electrons. The van der Waals surface area contributed by atoms with E-state index < -0.39 is 10.0 Å². The number of thiophene rings is 1. The summed E-state index contributed by atoms with van der Waals surface area (Å²) in [5.74, 6) is -0.337. The van der Waals surface area contributed by atoms with Crippen molar-refractivity contribution in [2.24, 2.45) is 0 Å². The lowest BCUT2D eigenvalue weighted by molar-refractivity contribution is -0.593. The molecule has 3 aromatic heterocycles. The lowest BCUT2D eigenvalue weighted by atomic mass is 10.2. The quantitative estimate of drug-likeness (QED) is 0.305. The zero-order valence-corrected chi connectivity index (χ0v) is 20.1. The summed E-state index contributed by atoms with van der Waals surface area (Å²) >= 11 is 7.20. The third-order valence-electron chi connectivity index (χ3n) is 5.55. The number of sulfonamides is 1. The van der Waals surface area contributed by atoms with Gasteiger partial charge in [-0.15, -0.1) is 21.5 Å². The van der Waals surface area contributed by atoms with Crippen molar-refractivity contribution in [2.75, 3.05) is 26.2 Å². The van der Waals surface area contributed by atoms with E-state index in [1.54, 1.807) is 53.4 Å². The summed E-state index contributed by atoms with van der Waals surface area (Å²) < 4.78 is 29.4. The van der Waals surface area contributed by atoms with Crippen molar-refractivity contribution < 1.29 is 17.9 Å². The molecule has 0 aliphatic carbocycles. The molecule has 0 atom stereocenters. The number of carbonyl (C=O) groups excluding carboxylic acids is 1. The van der Waals surface area contributed by atoms with Crippen LogP contribution in [0.3, 0.4) is 0 Å². The van der Waals surface area contributed by atoms with Crippen LogP contribution in [-0.2, 0) is 10.0 Å². The van der Waals surface area contributed by atoms with Crippen LogP contribution in [0.4, 0.5) is 0 Å². The summed E-state index contributed by atoms with van der Waals surface area (Å²) in [6, 6.07) is 14.9. The number of hydrogen-bond acceptors (Lipinski definition) is 7. The van der Waals surface area contributed by atoms with Crippen LogP contribution in [-0.4, -0.2) is 59.9 Å². The smallest absolute Gasteiger partial charge is 0.274 e. The van der Waals surface area contributed by atoms with Gasteiger partial charge in [0, 0.05) is 48.0 Å². The van der Waals surface area contributed by atoms with Gasteiger partial charge in [-0.05, 0) is 41.8 Å². The molecule has 5 rings (SSSR count). The second-order valence-electron chi connectivity index (χ2n) is 7.66. The highest BCUT2D eigenvalue weighted by atomic mass is 35.5. The Morgan fingerprint density at radius 1 is 1.03 bits per heavy atom. The fourth-order valence-electron chi connectivity index (χ4n) is 3.74. The molecule has 34 heavy (non-hydrogen) atoms. The first-order valence-corrected chi connectivity index (χ1v) is 13.0. The maximum Gasteiger partial charge on any atom is 0.274 e. The average Bonchev–Trinajstić information content (AvgIpc) is 3.28. The van der Waals surface area contributed by atoms with Crippen LogP contribution in [0.15, 0.2) is 65.0 Å². The van der Waals surface area contributed by atoms with Crippen LogP contribution < -0.4 is 4.73 Å². The summed E-state index contributed by atoms with van der Waals surface area (Å²) in [6.45, 7) is 0.818. The minimum atomic E-state index is -3.68. The molecule has 0 radical (unpaired) electrons. The predicted octanol–water partition coefficient (Wildman–Crippen LogP) is 2.79. The lowest BCUT2D eigenvalue weighted by Gasteiger charge is -2.33. The fraction of sp³-hybridized carbons (Fsp3) is 0.182. The van der Waals surface area contributed by atoms with Gasteiger partial charge in [0.05, 0.1) is 0 Å². The number of rotatable bonds is 4. The van der Waals surface area contributed by atoms with E-state index in [0.717, 1.165) is 10.1 Å². The molecule has 1 fully saturated rings. The van der Waals surface area contributed by atoms with Crippen molar-refractivity contribution in [3.63, 3.8) is 0 Å². The van der Waals surface area contributed by atoms with Gasteiger partial charge in [-0.1, -0.05) is 17.7 Å². The Kier molecular flexibility index (Phi) is 5.94.